The van der Waals surface area contributed by atoms with Crippen LogP contribution < -0.4 is 10.6 Å². The molecular formula is C15H18N2O. The summed E-state index contributed by atoms with van der Waals surface area (Å²) in [5.41, 5.74) is 10.9. The Balaban J connectivity index is 2.19. The number of likely N-dealkylation sites (N-methyl/N-ethyl adjacent to an activating group) is 1. The molecule has 1 aliphatic heterocycles. The molecule has 0 bridgehead atoms. The highest BCUT2D eigenvalue weighted by atomic mass is 16.1. The first-order chi connectivity index (χ1) is 8.51. The molecule has 0 aromatic heterocycles. The molecule has 94 valence electrons. The number of Topliss-reactive ketones (excluding diaryl/α,β-unsaturated/α-hetero) is 1. The number of carbonyl (C=O) groups is 1. The standard InChI is InChI=1S/C15H18N2O/c1-4-14(18)10-7-13-11(8-12(10)16)15(5-6-15)9(2)17(13)3/h7-8H,2,4-6,16H2,1,3H3. The van der Waals surface area contributed by atoms with Gasteiger partial charge in [-0.2, -0.15) is 0 Å². The molecule has 1 fully saturated rings. The van der Waals surface area contributed by atoms with Gasteiger partial charge >= 0.3 is 0 Å². The number of hydrogen-bond donors (Lipinski definition) is 1. The van der Waals surface area contributed by atoms with Gasteiger partial charge in [-0.1, -0.05) is 13.5 Å². The largest absolute Gasteiger partial charge is 0.398 e. The average Bonchev–Trinajstić information content (AvgIpc) is 3.14. The number of hydrogen-bond acceptors (Lipinski definition) is 3. The van der Waals surface area contributed by atoms with Crippen LogP contribution in [-0.4, -0.2) is 12.8 Å². The van der Waals surface area contributed by atoms with E-state index in [9.17, 15) is 4.79 Å². The Morgan fingerprint density at radius 1 is 1.50 bits per heavy atom. The lowest BCUT2D eigenvalue weighted by atomic mass is 9.93. The molecule has 1 heterocycles. The minimum Gasteiger partial charge on any atom is -0.398 e. The Labute approximate surface area is 107 Å². The zero-order valence-corrected chi connectivity index (χ0v) is 10.9. The van der Waals surface area contributed by atoms with Crippen LogP contribution in [0.15, 0.2) is 24.4 Å². The van der Waals surface area contributed by atoms with Crippen molar-refractivity contribution < 1.29 is 4.79 Å². The molecule has 2 aliphatic rings. The fourth-order valence-corrected chi connectivity index (χ4v) is 3.00. The fraction of sp³-hybridized carbons (Fsp3) is 0.400. The van der Waals surface area contributed by atoms with Crippen LogP contribution in [-0.2, 0) is 5.41 Å². The second kappa shape index (κ2) is 3.37. The molecule has 1 aromatic carbocycles. The summed E-state index contributed by atoms with van der Waals surface area (Å²) < 4.78 is 0. The van der Waals surface area contributed by atoms with E-state index in [0.717, 1.165) is 24.2 Å². The van der Waals surface area contributed by atoms with Gasteiger partial charge in [0.05, 0.1) is 0 Å². The van der Waals surface area contributed by atoms with Gasteiger partial charge in [-0.3, -0.25) is 4.79 Å². The maximum absolute atomic E-state index is 11.9. The van der Waals surface area contributed by atoms with Crippen molar-refractivity contribution in [3.63, 3.8) is 0 Å². The van der Waals surface area contributed by atoms with Gasteiger partial charge in [-0.15, -0.1) is 0 Å². The van der Waals surface area contributed by atoms with Crippen molar-refractivity contribution in [2.75, 3.05) is 17.7 Å². The molecule has 0 amide bonds. The Hall–Kier alpha value is -1.77. The molecule has 3 heteroatoms. The topological polar surface area (TPSA) is 46.3 Å². The van der Waals surface area contributed by atoms with Crippen LogP contribution >= 0.6 is 0 Å². The van der Waals surface area contributed by atoms with Gasteiger partial charge in [-0.25, -0.2) is 0 Å². The fourth-order valence-electron chi connectivity index (χ4n) is 3.00. The van der Waals surface area contributed by atoms with Gasteiger partial charge in [0.25, 0.3) is 0 Å². The quantitative estimate of drug-likeness (QED) is 0.640. The third-order valence-electron chi connectivity index (χ3n) is 4.37. The summed E-state index contributed by atoms with van der Waals surface area (Å²) in [6.07, 6.45) is 2.77. The van der Waals surface area contributed by atoms with Crippen molar-refractivity contribution in [2.24, 2.45) is 0 Å². The van der Waals surface area contributed by atoms with E-state index < -0.39 is 0 Å². The van der Waals surface area contributed by atoms with Gasteiger partial charge in [0, 0.05) is 41.5 Å². The van der Waals surface area contributed by atoms with Crippen molar-refractivity contribution in [3.05, 3.63) is 35.5 Å². The number of nitrogen functional groups attached to an aromatic ring is 1. The number of anilines is 2. The summed E-state index contributed by atoms with van der Waals surface area (Å²) in [6, 6.07) is 3.93. The van der Waals surface area contributed by atoms with E-state index in [1.807, 2.05) is 26.1 Å². The number of ketones is 1. The maximum atomic E-state index is 11.9. The number of nitrogens with zero attached hydrogens (tertiary/aromatic N) is 1. The van der Waals surface area contributed by atoms with Gasteiger partial charge < -0.3 is 10.6 Å². The Kier molecular flexibility index (Phi) is 2.12. The SMILES string of the molecule is C=C1N(C)c2cc(C(=O)CC)c(N)cc2C12CC2. The third-order valence-corrected chi connectivity index (χ3v) is 4.37. The minimum absolute atomic E-state index is 0.103. The van der Waals surface area contributed by atoms with Crippen LogP contribution in [0.3, 0.4) is 0 Å². The molecule has 0 saturated heterocycles. The van der Waals surface area contributed by atoms with E-state index >= 15 is 0 Å². The van der Waals surface area contributed by atoms with E-state index in [2.05, 4.69) is 11.5 Å². The van der Waals surface area contributed by atoms with E-state index in [-0.39, 0.29) is 11.2 Å². The molecule has 3 rings (SSSR count). The molecule has 2 N–H and O–H groups in total. The molecule has 1 spiro atoms. The van der Waals surface area contributed by atoms with E-state index in [0.29, 0.717) is 17.7 Å². The first-order valence-electron chi connectivity index (χ1n) is 6.41. The molecule has 1 aliphatic carbocycles. The van der Waals surface area contributed by atoms with Crippen molar-refractivity contribution in [3.8, 4) is 0 Å². The molecule has 3 nitrogen and oxygen atoms in total. The van der Waals surface area contributed by atoms with Crippen LogP contribution in [0, 0.1) is 0 Å². The number of fused-ring (bicyclic) bond motifs is 2. The summed E-state index contributed by atoms with van der Waals surface area (Å²) in [5.74, 6) is 0.103. The van der Waals surface area contributed by atoms with Crippen LogP contribution in [0.1, 0.15) is 42.1 Å². The summed E-state index contributed by atoms with van der Waals surface area (Å²) in [4.78, 5) is 14.0. The highest BCUT2D eigenvalue weighted by molar-refractivity contribution is 6.02. The molecule has 1 saturated carbocycles. The number of carbonyl (C=O) groups excluding carboxylic acids is 1. The first kappa shape index (κ1) is 11.3. The molecule has 1 aromatic rings. The van der Waals surface area contributed by atoms with E-state index in [1.54, 1.807) is 0 Å². The van der Waals surface area contributed by atoms with Gasteiger partial charge in [0.15, 0.2) is 5.78 Å². The van der Waals surface area contributed by atoms with Gasteiger partial charge in [0.1, 0.15) is 0 Å². The molecule has 0 radical (unpaired) electrons. The lowest BCUT2D eigenvalue weighted by Gasteiger charge is -2.15. The number of nitrogens with two attached hydrogens (primary N) is 1. The Morgan fingerprint density at radius 2 is 2.17 bits per heavy atom. The summed E-state index contributed by atoms with van der Waals surface area (Å²) in [7, 11) is 2.02. The van der Waals surface area contributed by atoms with Gasteiger partial charge in [-0.05, 0) is 30.5 Å². The number of allylic oxidation sites excluding steroid dienone is 1. The summed E-state index contributed by atoms with van der Waals surface area (Å²) >= 11 is 0. The average molecular weight is 242 g/mol. The number of rotatable bonds is 2. The second-order valence-electron chi connectivity index (χ2n) is 5.32. The molecular weight excluding hydrogens is 224 g/mol. The van der Waals surface area contributed by atoms with Crippen molar-refractivity contribution in [1.29, 1.82) is 0 Å². The normalized spacial score (nSPS) is 19.2. The predicted octanol–water partition coefficient (Wildman–Crippen LogP) is 2.86. The minimum atomic E-state index is 0.103. The lowest BCUT2D eigenvalue weighted by molar-refractivity contribution is 0.0989. The van der Waals surface area contributed by atoms with Crippen LogP contribution in [0.5, 0.6) is 0 Å². The first-order valence-corrected chi connectivity index (χ1v) is 6.41. The number of benzene rings is 1. The highest BCUT2D eigenvalue weighted by Gasteiger charge is 2.54. The molecule has 0 atom stereocenters. The van der Waals surface area contributed by atoms with Crippen molar-refractivity contribution in [1.82, 2.24) is 0 Å². The van der Waals surface area contributed by atoms with Crippen LogP contribution in [0.2, 0.25) is 0 Å². The molecule has 0 unspecified atom stereocenters. The second-order valence-corrected chi connectivity index (χ2v) is 5.32. The van der Waals surface area contributed by atoms with Crippen LogP contribution in [0.4, 0.5) is 11.4 Å². The lowest BCUT2D eigenvalue weighted by Crippen LogP contribution is -2.15. The smallest absolute Gasteiger partial charge is 0.164 e. The zero-order chi connectivity index (χ0) is 13.1. The van der Waals surface area contributed by atoms with Crippen molar-refractivity contribution in [2.45, 2.75) is 31.6 Å². The zero-order valence-electron chi connectivity index (χ0n) is 10.9. The summed E-state index contributed by atoms with van der Waals surface area (Å²) in [6.45, 7) is 6.05. The third kappa shape index (κ3) is 1.22. The molecule has 18 heavy (non-hydrogen) atoms. The van der Waals surface area contributed by atoms with E-state index in [4.69, 9.17) is 5.73 Å². The predicted molar refractivity (Wildman–Crippen MR) is 73.9 cm³/mol. The van der Waals surface area contributed by atoms with Crippen LogP contribution in [0.25, 0.3) is 0 Å². The monoisotopic (exact) mass is 242 g/mol. The van der Waals surface area contributed by atoms with E-state index in [1.165, 1.54) is 5.56 Å². The van der Waals surface area contributed by atoms with Gasteiger partial charge in [0.2, 0.25) is 0 Å². The highest BCUT2D eigenvalue weighted by Crippen LogP contribution is 2.61. The summed E-state index contributed by atoms with van der Waals surface area (Å²) in [5, 5.41) is 0. The van der Waals surface area contributed by atoms with Crippen molar-refractivity contribution >= 4 is 17.2 Å². The maximum Gasteiger partial charge on any atom is 0.164 e. The Bertz CT molecular complexity index is 570. The Morgan fingerprint density at radius 3 is 2.72 bits per heavy atom.